The Labute approximate surface area is 122 Å². The number of carboxylic acid groups (broad SMARTS) is 1. The minimum atomic E-state index is -1.03. The lowest BCUT2D eigenvalue weighted by Gasteiger charge is -2.25. The maximum Gasteiger partial charge on any atom is 0.339 e. The van der Waals surface area contributed by atoms with Crippen molar-refractivity contribution in [3.63, 3.8) is 0 Å². The number of nitrogens with zero attached hydrogens (tertiary/aromatic N) is 2. The van der Waals surface area contributed by atoms with Crippen LogP contribution < -0.4 is 0 Å². The Bertz CT molecular complexity index is 657. The lowest BCUT2D eigenvalue weighted by Crippen LogP contribution is -2.14. The van der Waals surface area contributed by atoms with Gasteiger partial charge in [-0.1, -0.05) is 24.3 Å². The van der Waals surface area contributed by atoms with Gasteiger partial charge in [-0.3, -0.25) is 0 Å². The van der Waals surface area contributed by atoms with Crippen molar-refractivity contribution in [3.05, 3.63) is 59.2 Å². The minimum absolute atomic E-state index is 0.00607. The van der Waals surface area contributed by atoms with Gasteiger partial charge in [0.05, 0.1) is 18.4 Å². The number of aromatic nitrogens is 2. The molecule has 0 spiro atoms. The monoisotopic (exact) mass is 284 g/mol. The maximum absolute atomic E-state index is 11.1. The highest BCUT2D eigenvalue weighted by Gasteiger charge is 2.21. The number of benzene rings is 1. The van der Waals surface area contributed by atoms with Crippen LogP contribution in [0.15, 0.2) is 36.8 Å². The molecule has 2 aromatic rings. The van der Waals surface area contributed by atoms with Crippen LogP contribution in [0.4, 0.5) is 0 Å². The first kappa shape index (κ1) is 13.7. The molecule has 1 atom stereocenters. The Morgan fingerprint density at radius 3 is 3.10 bits per heavy atom. The molecule has 5 heteroatoms. The van der Waals surface area contributed by atoms with Gasteiger partial charge in [-0.2, -0.15) is 0 Å². The number of aromatic carboxylic acids is 1. The predicted octanol–water partition coefficient (Wildman–Crippen LogP) is 2.77. The molecule has 1 N–H and O–H groups in total. The van der Waals surface area contributed by atoms with Crippen molar-refractivity contribution in [3.8, 4) is 0 Å². The van der Waals surface area contributed by atoms with E-state index in [9.17, 15) is 4.79 Å². The third-order valence-electron chi connectivity index (χ3n) is 3.76. The van der Waals surface area contributed by atoms with Crippen LogP contribution >= 0.6 is 0 Å². The fraction of sp³-hybridized carbons (Fsp3) is 0.312. The van der Waals surface area contributed by atoms with Crippen molar-refractivity contribution in [2.75, 3.05) is 0 Å². The normalized spacial score (nSPS) is 17.2. The van der Waals surface area contributed by atoms with Gasteiger partial charge in [0.2, 0.25) is 0 Å². The number of carbonyl (C=O) groups is 1. The van der Waals surface area contributed by atoms with Gasteiger partial charge >= 0.3 is 5.97 Å². The summed E-state index contributed by atoms with van der Waals surface area (Å²) in [5.74, 6) is -1.03. The van der Waals surface area contributed by atoms with E-state index in [0.717, 1.165) is 19.3 Å². The first-order valence-electron chi connectivity index (χ1n) is 6.97. The molecule has 0 radical (unpaired) electrons. The number of aryl methyl sites for hydroxylation is 1. The summed E-state index contributed by atoms with van der Waals surface area (Å²) in [6, 6.07) is 8.25. The summed E-state index contributed by atoms with van der Waals surface area (Å²) in [4.78, 5) is 18.9. The molecule has 0 fully saturated rings. The molecule has 1 aromatic carbocycles. The van der Waals surface area contributed by atoms with Gasteiger partial charge < -0.3 is 9.84 Å². The van der Waals surface area contributed by atoms with Crippen LogP contribution in [0, 0.1) is 0 Å². The third-order valence-corrected chi connectivity index (χ3v) is 3.76. The summed E-state index contributed by atoms with van der Waals surface area (Å²) in [6.07, 6.45) is 5.76. The summed E-state index contributed by atoms with van der Waals surface area (Å²) in [5.41, 5.74) is 3.03. The molecule has 1 aliphatic rings. The van der Waals surface area contributed by atoms with E-state index in [0.29, 0.717) is 5.69 Å². The zero-order valence-corrected chi connectivity index (χ0v) is 11.5. The quantitative estimate of drug-likeness (QED) is 0.934. The first-order chi connectivity index (χ1) is 10.3. The van der Waals surface area contributed by atoms with Crippen molar-refractivity contribution < 1.29 is 14.6 Å². The van der Waals surface area contributed by atoms with Crippen LogP contribution in [0.5, 0.6) is 0 Å². The van der Waals surface area contributed by atoms with E-state index < -0.39 is 5.97 Å². The van der Waals surface area contributed by atoms with Crippen molar-refractivity contribution >= 4 is 5.97 Å². The summed E-state index contributed by atoms with van der Waals surface area (Å²) in [6.45, 7) is 0.184. The molecule has 21 heavy (non-hydrogen) atoms. The fourth-order valence-electron chi connectivity index (χ4n) is 2.71. The number of hydrogen-bond acceptors (Lipinski definition) is 4. The van der Waals surface area contributed by atoms with E-state index >= 15 is 0 Å². The highest BCUT2D eigenvalue weighted by atomic mass is 16.5. The second kappa shape index (κ2) is 6.01. The van der Waals surface area contributed by atoms with Crippen LogP contribution in [0.3, 0.4) is 0 Å². The second-order valence-corrected chi connectivity index (χ2v) is 5.08. The topological polar surface area (TPSA) is 72.3 Å². The molecule has 5 nitrogen and oxygen atoms in total. The average molecular weight is 284 g/mol. The van der Waals surface area contributed by atoms with Crippen molar-refractivity contribution in [1.29, 1.82) is 0 Å². The molecule has 3 rings (SSSR count). The lowest BCUT2D eigenvalue weighted by atomic mass is 9.89. The zero-order valence-electron chi connectivity index (χ0n) is 11.5. The maximum atomic E-state index is 11.1. The number of ether oxygens (including phenoxy) is 1. The van der Waals surface area contributed by atoms with Crippen LogP contribution in [0.25, 0.3) is 0 Å². The van der Waals surface area contributed by atoms with Gasteiger partial charge in [-0.05, 0) is 30.4 Å². The van der Waals surface area contributed by atoms with Gasteiger partial charge in [0.15, 0.2) is 0 Å². The highest BCUT2D eigenvalue weighted by molar-refractivity contribution is 5.88. The zero-order chi connectivity index (χ0) is 14.7. The fourth-order valence-corrected chi connectivity index (χ4v) is 2.71. The average Bonchev–Trinajstić information content (AvgIpc) is 2.53. The van der Waals surface area contributed by atoms with E-state index in [4.69, 9.17) is 9.84 Å². The van der Waals surface area contributed by atoms with Gasteiger partial charge in [0.1, 0.15) is 11.9 Å². The molecule has 1 unspecified atom stereocenters. The van der Waals surface area contributed by atoms with E-state index in [-0.39, 0.29) is 18.3 Å². The molecule has 0 amide bonds. The van der Waals surface area contributed by atoms with Crippen LogP contribution in [-0.2, 0) is 17.8 Å². The smallest absolute Gasteiger partial charge is 0.339 e. The Kier molecular flexibility index (Phi) is 3.92. The molecule has 1 heterocycles. The standard InChI is InChI=1S/C16H16N2O3/c19-16(20)13-8-17-10-18-14(13)9-21-15-7-3-5-11-4-1-2-6-12(11)15/h1-2,4,6,8,10,15H,3,5,7,9H2,(H,19,20). The second-order valence-electron chi connectivity index (χ2n) is 5.08. The van der Waals surface area contributed by atoms with E-state index in [2.05, 4.69) is 22.1 Å². The van der Waals surface area contributed by atoms with Crippen molar-refractivity contribution in [2.45, 2.75) is 32.0 Å². The van der Waals surface area contributed by atoms with Gasteiger partial charge in [-0.15, -0.1) is 0 Å². The Balaban J connectivity index is 1.76. The first-order valence-corrected chi connectivity index (χ1v) is 6.97. The molecule has 1 aromatic heterocycles. The van der Waals surface area contributed by atoms with Gasteiger partial charge in [0.25, 0.3) is 0 Å². The van der Waals surface area contributed by atoms with Gasteiger partial charge in [-0.25, -0.2) is 14.8 Å². The van der Waals surface area contributed by atoms with Crippen molar-refractivity contribution in [2.24, 2.45) is 0 Å². The van der Waals surface area contributed by atoms with Crippen LogP contribution in [0.2, 0.25) is 0 Å². The molecule has 0 aliphatic heterocycles. The summed E-state index contributed by atoms with van der Waals surface area (Å²) in [7, 11) is 0. The Morgan fingerprint density at radius 2 is 2.24 bits per heavy atom. The molecular formula is C16H16N2O3. The molecule has 0 saturated heterocycles. The Morgan fingerprint density at radius 1 is 1.38 bits per heavy atom. The highest BCUT2D eigenvalue weighted by Crippen LogP contribution is 2.32. The third kappa shape index (κ3) is 2.92. The minimum Gasteiger partial charge on any atom is -0.478 e. The van der Waals surface area contributed by atoms with Gasteiger partial charge in [0, 0.05) is 6.20 Å². The van der Waals surface area contributed by atoms with E-state index in [1.165, 1.54) is 23.7 Å². The molecule has 0 bridgehead atoms. The summed E-state index contributed by atoms with van der Waals surface area (Å²) in [5, 5.41) is 9.12. The molecule has 1 aliphatic carbocycles. The number of fused-ring (bicyclic) bond motifs is 1. The van der Waals surface area contributed by atoms with Crippen LogP contribution in [0.1, 0.15) is 46.1 Å². The molecule has 0 saturated carbocycles. The summed E-state index contributed by atoms with van der Waals surface area (Å²) >= 11 is 0. The lowest BCUT2D eigenvalue weighted by molar-refractivity contribution is 0.0254. The number of hydrogen-bond donors (Lipinski definition) is 1. The number of carboxylic acids is 1. The van der Waals surface area contributed by atoms with Crippen molar-refractivity contribution in [1.82, 2.24) is 9.97 Å². The largest absolute Gasteiger partial charge is 0.478 e. The summed E-state index contributed by atoms with van der Waals surface area (Å²) < 4.78 is 5.93. The van der Waals surface area contributed by atoms with E-state index in [1.807, 2.05) is 12.1 Å². The Hall–Kier alpha value is -2.27. The molecule has 108 valence electrons. The molecular weight excluding hydrogens is 268 g/mol. The van der Waals surface area contributed by atoms with Crippen LogP contribution in [-0.4, -0.2) is 21.0 Å². The SMILES string of the molecule is O=C(O)c1cncnc1COC1CCCc2ccccc21. The van der Waals surface area contributed by atoms with E-state index in [1.54, 1.807) is 0 Å². The number of rotatable bonds is 4. The predicted molar refractivity (Wildman–Crippen MR) is 75.9 cm³/mol.